The molecule has 0 aliphatic rings. The van der Waals surface area contributed by atoms with Crippen LogP contribution in [0.4, 0.5) is 5.13 Å². The van der Waals surface area contributed by atoms with E-state index >= 15 is 0 Å². The maximum atomic E-state index is 9.99. The van der Waals surface area contributed by atoms with Gasteiger partial charge in [0.05, 0.1) is 5.75 Å². The van der Waals surface area contributed by atoms with Crippen molar-refractivity contribution in [2.45, 2.75) is 0 Å². The van der Waals surface area contributed by atoms with Crippen molar-refractivity contribution in [1.29, 1.82) is 0 Å². The Bertz CT molecular complexity index is 260. The van der Waals surface area contributed by atoms with Crippen molar-refractivity contribution in [3.8, 4) is 0 Å². The fraction of sp³-hybridized carbons (Fsp3) is 0.167. The molecule has 0 spiro atoms. The number of rotatable bonds is 3. The second kappa shape index (κ2) is 5.23. The molecule has 64 valence electrons. The summed E-state index contributed by atoms with van der Waals surface area (Å²) in [6, 6.07) is 0. The Hall–Kier alpha value is -0.460. The van der Waals surface area contributed by atoms with E-state index in [-0.39, 0.29) is 0 Å². The van der Waals surface area contributed by atoms with Crippen LogP contribution in [-0.4, -0.2) is 21.3 Å². The van der Waals surface area contributed by atoms with Gasteiger partial charge in [-0.15, -0.1) is 11.3 Å². The summed E-state index contributed by atoms with van der Waals surface area (Å²) in [5, 5.41) is 5.52. The van der Waals surface area contributed by atoms with E-state index in [1.54, 1.807) is 6.20 Å². The number of nitrogens with one attached hydrogen (secondary N) is 1. The average Bonchev–Trinajstić information content (AvgIpc) is 2.53. The van der Waals surface area contributed by atoms with Gasteiger partial charge in [-0.2, -0.15) is 0 Å². The molecule has 0 aliphatic carbocycles. The minimum Gasteiger partial charge on any atom is -0.317 e. The highest BCUT2D eigenvalue weighted by atomic mass is 32.2. The lowest BCUT2D eigenvalue weighted by molar-refractivity contribution is -0.105. The molecule has 0 amide bonds. The first-order valence-corrected chi connectivity index (χ1v) is 5.37. The quantitative estimate of drug-likeness (QED) is 0.618. The van der Waals surface area contributed by atoms with Gasteiger partial charge in [-0.1, -0.05) is 24.0 Å². The van der Waals surface area contributed by atoms with E-state index in [4.69, 9.17) is 12.2 Å². The number of aldehydes is 1. The van der Waals surface area contributed by atoms with E-state index in [1.807, 2.05) is 5.38 Å². The van der Waals surface area contributed by atoms with Crippen molar-refractivity contribution >= 4 is 51.1 Å². The number of hydrogen-bond acceptors (Lipinski definition) is 5. The number of aromatic nitrogens is 1. The van der Waals surface area contributed by atoms with Gasteiger partial charge >= 0.3 is 0 Å². The first-order valence-electron chi connectivity index (χ1n) is 3.10. The maximum absolute atomic E-state index is 9.99. The third-order valence-electron chi connectivity index (χ3n) is 0.924. The molecule has 0 aliphatic heterocycles. The van der Waals surface area contributed by atoms with Gasteiger partial charge in [-0.05, 0) is 0 Å². The molecule has 0 fully saturated rings. The number of carbonyl (C=O) groups is 1. The van der Waals surface area contributed by atoms with Gasteiger partial charge in [0.1, 0.15) is 10.6 Å². The Labute approximate surface area is 83.6 Å². The lowest BCUT2D eigenvalue weighted by atomic mass is 10.9. The molecule has 0 saturated heterocycles. The average molecular weight is 218 g/mol. The molecule has 0 atom stereocenters. The van der Waals surface area contributed by atoms with Crippen molar-refractivity contribution in [2.75, 3.05) is 11.1 Å². The SMILES string of the molecule is O=CCSC(=S)Nc1nccs1. The summed E-state index contributed by atoms with van der Waals surface area (Å²) in [6.45, 7) is 0. The van der Waals surface area contributed by atoms with Gasteiger partial charge in [0.25, 0.3) is 0 Å². The highest BCUT2D eigenvalue weighted by Crippen LogP contribution is 2.13. The minimum atomic E-state index is 0.386. The normalized spacial score (nSPS) is 9.33. The van der Waals surface area contributed by atoms with Gasteiger partial charge in [-0.25, -0.2) is 4.98 Å². The summed E-state index contributed by atoms with van der Waals surface area (Å²) in [4.78, 5) is 14.0. The van der Waals surface area contributed by atoms with Gasteiger partial charge < -0.3 is 10.1 Å². The Morgan fingerprint density at radius 1 is 1.92 bits per heavy atom. The number of thiazole rings is 1. The van der Waals surface area contributed by atoms with Gasteiger partial charge in [0.2, 0.25) is 0 Å². The molecule has 0 saturated carbocycles. The van der Waals surface area contributed by atoms with Crippen molar-refractivity contribution < 1.29 is 4.79 Å². The number of carbonyl (C=O) groups excluding carboxylic acids is 1. The van der Waals surface area contributed by atoms with E-state index < -0.39 is 0 Å². The van der Waals surface area contributed by atoms with Crippen molar-refractivity contribution in [2.24, 2.45) is 0 Å². The van der Waals surface area contributed by atoms with Crippen LogP contribution in [0.5, 0.6) is 0 Å². The Balaban J connectivity index is 2.32. The molecule has 12 heavy (non-hydrogen) atoms. The monoisotopic (exact) mass is 218 g/mol. The highest BCUT2D eigenvalue weighted by Gasteiger charge is 1.98. The van der Waals surface area contributed by atoms with Crippen LogP contribution in [0.3, 0.4) is 0 Å². The predicted octanol–water partition coefficient (Wildman–Crippen LogP) is 1.77. The third kappa shape index (κ3) is 3.29. The van der Waals surface area contributed by atoms with Crippen molar-refractivity contribution in [3.05, 3.63) is 11.6 Å². The number of thiocarbonyl (C=S) groups is 1. The minimum absolute atomic E-state index is 0.386. The zero-order valence-corrected chi connectivity index (χ0v) is 8.47. The van der Waals surface area contributed by atoms with Crippen LogP contribution in [0.15, 0.2) is 11.6 Å². The van der Waals surface area contributed by atoms with Crippen molar-refractivity contribution in [1.82, 2.24) is 4.98 Å². The molecule has 6 heteroatoms. The number of thioether (sulfide) groups is 1. The van der Waals surface area contributed by atoms with E-state index in [9.17, 15) is 4.79 Å². The summed E-state index contributed by atoms with van der Waals surface area (Å²) in [7, 11) is 0. The standard InChI is InChI=1S/C6H6N2OS3/c9-2-4-12-6(10)8-5-7-1-3-11-5/h1-3H,4H2,(H,7,8,10). The molecule has 1 aromatic heterocycles. The molecule has 1 rings (SSSR count). The molecule has 3 nitrogen and oxygen atoms in total. The first-order chi connectivity index (χ1) is 5.83. The number of anilines is 1. The van der Waals surface area contributed by atoms with Crippen LogP contribution in [0.1, 0.15) is 0 Å². The number of nitrogens with zero attached hydrogens (tertiary/aromatic N) is 1. The van der Waals surface area contributed by atoms with Crippen LogP contribution in [-0.2, 0) is 4.79 Å². The van der Waals surface area contributed by atoms with Crippen LogP contribution in [0.25, 0.3) is 0 Å². The van der Waals surface area contributed by atoms with Crippen LogP contribution >= 0.6 is 35.3 Å². The molecule has 0 bridgehead atoms. The summed E-state index contributed by atoms with van der Waals surface area (Å²) < 4.78 is 0.581. The zero-order valence-electron chi connectivity index (χ0n) is 6.02. The van der Waals surface area contributed by atoms with Gasteiger partial charge in [-0.3, -0.25) is 0 Å². The Kier molecular flexibility index (Phi) is 4.20. The molecular formula is C6H6N2OS3. The summed E-state index contributed by atoms with van der Waals surface area (Å²) in [5.74, 6) is 0.386. The second-order valence-electron chi connectivity index (χ2n) is 1.73. The lowest BCUT2D eigenvalue weighted by Gasteiger charge is -1.99. The third-order valence-corrected chi connectivity index (χ3v) is 2.73. The van der Waals surface area contributed by atoms with E-state index in [2.05, 4.69) is 10.3 Å². The molecule has 0 aromatic carbocycles. The topological polar surface area (TPSA) is 42.0 Å². The second-order valence-corrected chi connectivity index (χ2v) is 4.32. The number of hydrogen-bond donors (Lipinski definition) is 1. The highest BCUT2D eigenvalue weighted by molar-refractivity contribution is 8.23. The molecular weight excluding hydrogens is 212 g/mol. The molecule has 1 heterocycles. The molecule has 0 unspecified atom stereocenters. The summed E-state index contributed by atoms with van der Waals surface area (Å²) in [5.41, 5.74) is 0. The fourth-order valence-corrected chi connectivity index (χ4v) is 1.87. The zero-order chi connectivity index (χ0) is 8.81. The summed E-state index contributed by atoms with van der Waals surface area (Å²) >= 11 is 7.69. The van der Waals surface area contributed by atoms with E-state index in [1.165, 1.54) is 23.1 Å². The fourth-order valence-electron chi connectivity index (χ4n) is 0.518. The molecule has 0 radical (unpaired) electrons. The van der Waals surface area contributed by atoms with E-state index in [0.717, 1.165) is 11.4 Å². The van der Waals surface area contributed by atoms with Crippen LogP contribution < -0.4 is 5.32 Å². The van der Waals surface area contributed by atoms with Crippen molar-refractivity contribution in [3.63, 3.8) is 0 Å². The van der Waals surface area contributed by atoms with Crippen LogP contribution in [0, 0.1) is 0 Å². The van der Waals surface area contributed by atoms with Gasteiger partial charge in [0.15, 0.2) is 5.13 Å². The van der Waals surface area contributed by atoms with E-state index in [0.29, 0.717) is 10.1 Å². The smallest absolute Gasteiger partial charge is 0.188 e. The largest absolute Gasteiger partial charge is 0.317 e. The maximum Gasteiger partial charge on any atom is 0.188 e. The molecule has 1 N–H and O–H groups in total. The summed E-state index contributed by atoms with van der Waals surface area (Å²) in [6.07, 6.45) is 2.51. The Morgan fingerprint density at radius 2 is 2.75 bits per heavy atom. The predicted molar refractivity (Wildman–Crippen MR) is 56.9 cm³/mol. The van der Waals surface area contributed by atoms with Crippen LogP contribution in [0.2, 0.25) is 0 Å². The van der Waals surface area contributed by atoms with Gasteiger partial charge in [0, 0.05) is 11.6 Å². The first kappa shape index (κ1) is 9.63. The molecule has 1 aromatic rings. The Morgan fingerprint density at radius 3 is 3.33 bits per heavy atom. The lowest BCUT2D eigenvalue weighted by Crippen LogP contribution is -2.04.